The largest absolute Gasteiger partial charge is 0.481 e. The number of likely N-dealkylation sites (tertiary alicyclic amines) is 1. The number of rotatable bonds is 5. The van der Waals surface area contributed by atoms with Gasteiger partial charge in [0.05, 0.1) is 12.5 Å². The van der Waals surface area contributed by atoms with Gasteiger partial charge in [0.15, 0.2) is 0 Å². The van der Waals surface area contributed by atoms with Gasteiger partial charge in [-0.25, -0.2) is 0 Å². The zero-order valence-electron chi connectivity index (χ0n) is 10.2. The lowest BCUT2D eigenvalue weighted by Gasteiger charge is -2.23. The van der Waals surface area contributed by atoms with Crippen LogP contribution in [0.3, 0.4) is 0 Å². The first-order chi connectivity index (χ1) is 8.09. The van der Waals surface area contributed by atoms with Gasteiger partial charge in [0.2, 0.25) is 5.91 Å². The number of nitrogens with zero attached hydrogens (tertiary/aromatic N) is 1. The van der Waals surface area contributed by atoms with Gasteiger partial charge in [0, 0.05) is 12.6 Å². The van der Waals surface area contributed by atoms with E-state index in [1.807, 2.05) is 6.92 Å². The first kappa shape index (κ1) is 12.4. The molecule has 1 amide bonds. The first-order valence-electron chi connectivity index (χ1n) is 6.32. The molecule has 17 heavy (non-hydrogen) atoms. The van der Waals surface area contributed by atoms with E-state index in [0.717, 1.165) is 12.5 Å². The van der Waals surface area contributed by atoms with Crippen LogP contribution in [-0.4, -0.2) is 47.6 Å². The lowest BCUT2D eigenvalue weighted by atomic mass is 10.0. The van der Waals surface area contributed by atoms with E-state index in [9.17, 15) is 9.59 Å². The molecule has 0 spiro atoms. The van der Waals surface area contributed by atoms with Crippen LogP contribution in [0.15, 0.2) is 0 Å². The van der Waals surface area contributed by atoms with E-state index in [1.54, 1.807) is 4.90 Å². The van der Waals surface area contributed by atoms with Gasteiger partial charge in [0.25, 0.3) is 0 Å². The molecule has 1 saturated carbocycles. The Labute approximate surface area is 101 Å². The average Bonchev–Trinajstić information content (AvgIpc) is 2.99. The Hall–Kier alpha value is -1.10. The molecule has 1 saturated heterocycles. The van der Waals surface area contributed by atoms with Crippen LogP contribution >= 0.6 is 0 Å². The van der Waals surface area contributed by atoms with Crippen LogP contribution in [0.1, 0.15) is 26.2 Å². The lowest BCUT2D eigenvalue weighted by molar-refractivity contribution is -0.143. The Morgan fingerprint density at radius 2 is 2.06 bits per heavy atom. The summed E-state index contributed by atoms with van der Waals surface area (Å²) in [5.74, 6) is -0.409. The third-order valence-corrected chi connectivity index (χ3v) is 3.80. The Bertz CT molecular complexity index is 315. The zero-order chi connectivity index (χ0) is 12.4. The minimum absolute atomic E-state index is 0.0295. The van der Waals surface area contributed by atoms with E-state index in [0.29, 0.717) is 19.5 Å². The molecule has 0 aromatic rings. The van der Waals surface area contributed by atoms with Crippen molar-refractivity contribution in [1.29, 1.82) is 0 Å². The molecule has 5 nitrogen and oxygen atoms in total. The molecule has 0 aromatic heterocycles. The van der Waals surface area contributed by atoms with Crippen molar-refractivity contribution >= 4 is 11.9 Å². The van der Waals surface area contributed by atoms with Crippen LogP contribution in [0.2, 0.25) is 0 Å². The van der Waals surface area contributed by atoms with E-state index in [1.165, 1.54) is 12.8 Å². The summed E-state index contributed by atoms with van der Waals surface area (Å²) in [6.45, 7) is 3.65. The topological polar surface area (TPSA) is 69.6 Å². The summed E-state index contributed by atoms with van der Waals surface area (Å²) in [4.78, 5) is 24.5. The quantitative estimate of drug-likeness (QED) is 0.725. The van der Waals surface area contributed by atoms with Crippen molar-refractivity contribution in [3.63, 3.8) is 0 Å². The van der Waals surface area contributed by atoms with Gasteiger partial charge in [-0.3, -0.25) is 9.59 Å². The number of carbonyl (C=O) groups excluding carboxylic acids is 1. The highest BCUT2D eigenvalue weighted by molar-refractivity contribution is 5.81. The average molecular weight is 240 g/mol. The van der Waals surface area contributed by atoms with Crippen molar-refractivity contribution < 1.29 is 14.7 Å². The minimum Gasteiger partial charge on any atom is -0.481 e. The fourth-order valence-corrected chi connectivity index (χ4v) is 2.43. The van der Waals surface area contributed by atoms with E-state index in [-0.39, 0.29) is 11.9 Å². The van der Waals surface area contributed by atoms with Crippen molar-refractivity contribution in [2.75, 3.05) is 19.6 Å². The van der Waals surface area contributed by atoms with Crippen molar-refractivity contribution in [3.05, 3.63) is 0 Å². The zero-order valence-corrected chi connectivity index (χ0v) is 10.2. The summed E-state index contributed by atoms with van der Waals surface area (Å²) in [6, 6.07) is -0.178. The van der Waals surface area contributed by atoms with Crippen LogP contribution in [-0.2, 0) is 9.59 Å². The van der Waals surface area contributed by atoms with Gasteiger partial charge >= 0.3 is 5.97 Å². The fraction of sp³-hybridized carbons (Fsp3) is 0.833. The third kappa shape index (κ3) is 2.97. The molecule has 1 aliphatic heterocycles. The van der Waals surface area contributed by atoms with Crippen LogP contribution in [0.4, 0.5) is 0 Å². The van der Waals surface area contributed by atoms with E-state index in [4.69, 9.17) is 5.11 Å². The highest BCUT2D eigenvalue weighted by Gasteiger charge is 2.37. The summed E-state index contributed by atoms with van der Waals surface area (Å²) in [5, 5.41) is 12.1. The van der Waals surface area contributed by atoms with Gasteiger partial charge in [-0.15, -0.1) is 0 Å². The molecule has 2 aliphatic rings. The van der Waals surface area contributed by atoms with Crippen LogP contribution in [0.25, 0.3) is 0 Å². The van der Waals surface area contributed by atoms with Crippen molar-refractivity contribution in [3.8, 4) is 0 Å². The Balaban J connectivity index is 1.76. The summed E-state index contributed by atoms with van der Waals surface area (Å²) in [5.41, 5.74) is 0. The molecule has 96 valence electrons. The number of aliphatic carboxylic acids is 1. The summed E-state index contributed by atoms with van der Waals surface area (Å²) in [6.07, 6.45) is 3.11. The maximum atomic E-state index is 11.9. The van der Waals surface area contributed by atoms with Gasteiger partial charge in [-0.05, 0) is 38.6 Å². The summed E-state index contributed by atoms with van der Waals surface area (Å²) < 4.78 is 0. The van der Waals surface area contributed by atoms with Crippen molar-refractivity contribution in [1.82, 2.24) is 10.2 Å². The maximum absolute atomic E-state index is 11.9. The van der Waals surface area contributed by atoms with E-state index >= 15 is 0 Å². The van der Waals surface area contributed by atoms with Crippen LogP contribution < -0.4 is 5.32 Å². The smallest absolute Gasteiger partial charge is 0.308 e. The van der Waals surface area contributed by atoms with Crippen LogP contribution in [0, 0.1) is 11.8 Å². The number of carboxylic acids is 1. The predicted octanol–water partition coefficient (Wildman–Crippen LogP) is 0.308. The minimum atomic E-state index is -0.793. The van der Waals surface area contributed by atoms with Gasteiger partial charge < -0.3 is 15.3 Å². The second-order valence-corrected chi connectivity index (χ2v) is 5.14. The number of carbonyl (C=O) groups is 2. The Morgan fingerprint density at radius 1 is 1.35 bits per heavy atom. The number of amides is 1. The molecule has 0 bridgehead atoms. The molecule has 2 fully saturated rings. The summed E-state index contributed by atoms with van der Waals surface area (Å²) in [7, 11) is 0. The molecule has 2 rings (SSSR count). The standard InChI is InChI=1S/C12H20N2O3/c1-8-10(12(16)17)4-5-14(8)11(15)7-13-6-9-2-3-9/h8-10,13H,2-7H2,1H3,(H,16,17). The maximum Gasteiger partial charge on any atom is 0.308 e. The Morgan fingerprint density at radius 3 is 2.59 bits per heavy atom. The van der Waals surface area contributed by atoms with Gasteiger partial charge in [0.1, 0.15) is 0 Å². The predicted molar refractivity (Wildman–Crippen MR) is 62.5 cm³/mol. The highest BCUT2D eigenvalue weighted by atomic mass is 16.4. The molecule has 1 heterocycles. The number of nitrogens with one attached hydrogen (secondary N) is 1. The molecule has 1 aliphatic carbocycles. The molecule has 0 aromatic carbocycles. The van der Waals surface area contributed by atoms with Crippen LogP contribution in [0.5, 0.6) is 0 Å². The second kappa shape index (κ2) is 5.04. The lowest BCUT2D eigenvalue weighted by Crippen LogP contribution is -2.42. The van der Waals surface area contributed by atoms with E-state index < -0.39 is 11.9 Å². The molecule has 5 heteroatoms. The van der Waals surface area contributed by atoms with E-state index in [2.05, 4.69) is 5.32 Å². The molecule has 2 atom stereocenters. The molecular formula is C12H20N2O3. The SMILES string of the molecule is CC1C(C(=O)O)CCN1C(=O)CNCC1CC1. The van der Waals surface area contributed by atoms with Crippen molar-refractivity contribution in [2.45, 2.75) is 32.2 Å². The molecule has 2 N–H and O–H groups in total. The van der Waals surface area contributed by atoms with Gasteiger partial charge in [-0.1, -0.05) is 0 Å². The van der Waals surface area contributed by atoms with Gasteiger partial charge in [-0.2, -0.15) is 0 Å². The number of carboxylic acid groups (broad SMARTS) is 1. The summed E-state index contributed by atoms with van der Waals surface area (Å²) >= 11 is 0. The Kier molecular flexibility index (Phi) is 3.66. The van der Waals surface area contributed by atoms with Crippen molar-refractivity contribution in [2.24, 2.45) is 11.8 Å². The molecule has 2 unspecified atom stereocenters. The third-order valence-electron chi connectivity index (χ3n) is 3.80. The second-order valence-electron chi connectivity index (χ2n) is 5.14. The monoisotopic (exact) mass is 240 g/mol. The normalized spacial score (nSPS) is 28.4. The molecule has 0 radical (unpaired) electrons. The number of hydrogen-bond donors (Lipinski definition) is 2. The number of hydrogen-bond acceptors (Lipinski definition) is 3. The molecular weight excluding hydrogens is 220 g/mol. The first-order valence-corrected chi connectivity index (χ1v) is 6.32. The fourth-order valence-electron chi connectivity index (χ4n) is 2.43. The highest BCUT2D eigenvalue weighted by Crippen LogP contribution is 2.27.